The summed E-state index contributed by atoms with van der Waals surface area (Å²) in [6.45, 7) is 0. The normalized spacial score (nSPS) is 10.2. The van der Waals surface area contributed by atoms with Gasteiger partial charge in [-0.15, -0.1) is 0 Å². The van der Waals surface area contributed by atoms with Crippen LogP contribution in [0.25, 0.3) is 0 Å². The molecule has 0 spiro atoms. The van der Waals surface area contributed by atoms with Crippen LogP contribution in [-0.2, 0) is 0 Å². The van der Waals surface area contributed by atoms with E-state index < -0.39 is 11.7 Å². The molecule has 2 aromatic carbocycles. The summed E-state index contributed by atoms with van der Waals surface area (Å²) in [5.41, 5.74) is 1.06. The van der Waals surface area contributed by atoms with Gasteiger partial charge in [0.25, 0.3) is 5.91 Å². The van der Waals surface area contributed by atoms with Crippen LogP contribution in [0.2, 0.25) is 0 Å². The van der Waals surface area contributed by atoms with E-state index in [1.165, 1.54) is 42.7 Å². The molecule has 2 N–H and O–H groups in total. The fourth-order valence-corrected chi connectivity index (χ4v) is 1.95. The lowest BCUT2D eigenvalue weighted by Crippen LogP contribution is -2.14. The Morgan fingerprint density at radius 3 is 2.33 bits per heavy atom. The Balaban J connectivity index is 1.67. The van der Waals surface area contributed by atoms with Gasteiger partial charge in [0.05, 0.1) is 12.4 Å². The highest BCUT2D eigenvalue weighted by Gasteiger charge is 2.09. The summed E-state index contributed by atoms with van der Waals surface area (Å²) in [6, 6.07) is 11.3. The maximum atomic E-state index is 13.1. The molecule has 1 amide bonds. The maximum Gasteiger partial charge on any atom is 0.275 e. The molecule has 7 heteroatoms. The average Bonchev–Trinajstić information content (AvgIpc) is 2.57. The minimum atomic E-state index is -0.499. The van der Waals surface area contributed by atoms with Crippen molar-refractivity contribution in [2.45, 2.75) is 0 Å². The molecule has 0 fully saturated rings. The van der Waals surface area contributed by atoms with Crippen LogP contribution in [-0.4, -0.2) is 15.9 Å². The summed E-state index contributed by atoms with van der Waals surface area (Å²) in [4.78, 5) is 20.1. The minimum Gasteiger partial charge on any atom is -0.339 e. The summed E-state index contributed by atoms with van der Waals surface area (Å²) in [5.74, 6) is -0.876. The quantitative estimate of drug-likeness (QED) is 0.766. The standard InChI is InChI=1S/C17H12F2N4O/c18-11-4-6-13(7-5-11)22-16-10-20-15(9-21-16)17(24)23-14-3-1-2-12(19)8-14/h1-10H,(H,21,22)(H,23,24). The molecule has 1 heterocycles. The highest BCUT2D eigenvalue weighted by atomic mass is 19.1. The smallest absolute Gasteiger partial charge is 0.275 e. The molecule has 1 aromatic heterocycles. The van der Waals surface area contributed by atoms with Gasteiger partial charge in [0, 0.05) is 11.4 Å². The topological polar surface area (TPSA) is 66.9 Å². The van der Waals surface area contributed by atoms with Crippen molar-refractivity contribution in [1.29, 1.82) is 0 Å². The zero-order chi connectivity index (χ0) is 16.9. The predicted octanol–water partition coefficient (Wildman–Crippen LogP) is 3.75. The molecule has 3 aromatic rings. The SMILES string of the molecule is O=C(Nc1cccc(F)c1)c1cnc(Nc2ccc(F)cc2)cn1. The van der Waals surface area contributed by atoms with Gasteiger partial charge in [0.2, 0.25) is 0 Å². The molecule has 0 aliphatic heterocycles. The molecule has 0 bridgehead atoms. The first-order valence-electron chi connectivity index (χ1n) is 7.02. The third-order valence-corrected chi connectivity index (χ3v) is 3.08. The molecule has 0 saturated heterocycles. The number of carbonyl (C=O) groups is 1. The fraction of sp³-hybridized carbons (Fsp3) is 0. The molecule has 120 valence electrons. The summed E-state index contributed by atoms with van der Waals surface area (Å²) in [7, 11) is 0. The molecule has 0 atom stereocenters. The molecule has 0 aliphatic carbocycles. The number of halogens is 2. The Bertz CT molecular complexity index is 851. The van der Waals surface area contributed by atoms with Crippen molar-refractivity contribution in [2.75, 3.05) is 10.6 Å². The van der Waals surface area contributed by atoms with Crippen molar-refractivity contribution < 1.29 is 13.6 Å². The Morgan fingerprint density at radius 2 is 1.67 bits per heavy atom. The number of benzene rings is 2. The van der Waals surface area contributed by atoms with E-state index in [2.05, 4.69) is 20.6 Å². The van der Waals surface area contributed by atoms with Gasteiger partial charge in [-0.25, -0.2) is 18.7 Å². The Morgan fingerprint density at radius 1 is 0.875 bits per heavy atom. The Labute approximate surface area is 136 Å². The number of nitrogens with one attached hydrogen (secondary N) is 2. The van der Waals surface area contributed by atoms with Gasteiger partial charge in [-0.05, 0) is 42.5 Å². The number of anilines is 3. The van der Waals surface area contributed by atoms with E-state index >= 15 is 0 Å². The van der Waals surface area contributed by atoms with Gasteiger partial charge in [-0.1, -0.05) is 6.07 Å². The third kappa shape index (κ3) is 3.89. The number of nitrogens with zero attached hydrogens (tertiary/aromatic N) is 2. The molecule has 0 radical (unpaired) electrons. The highest BCUT2D eigenvalue weighted by Crippen LogP contribution is 2.15. The minimum absolute atomic E-state index is 0.0870. The van der Waals surface area contributed by atoms with Crippen LogP contribution in [0.1, 0.15) is 10.5 Å². The second-order valence-corrected chi connectivity index (χ2v) is 4.88. The van der Waals surface area contributed by atoms with Gasteiger partial charge in [0.1, 0.15) is 23.1 Å². The molecule has 5 nitrogen and oxygen atoms in total. The van der Waals surface area contributed by atoms with E-state index in [-0.39, 0.29) is 11.5 Å². The average molecular weight is 326 g/mol. The summed E-state index contributed by atoms with van der Waals surface area (Å²) in [6.07, 6.45) is 2.67. The largest absolute Gasteiger partial charge is 0.339 e. The van der Waals surface area contributed by atoms with Crippen LogP contribution in [0.3, 0.4) is 0 Å². The van der Waals surface area contributed by atoms with Gasteiger partial charge < -0.3 is 10.6 Å². The number of carbonyl (C=O) groups excluding carboxylic acids is 1. The molecular weight excluding hydrogens is 314 g/mol. The van der Waals surface area contributed by atoms with Gasteiger partial charge in [-0.2, -0.15) is 0 Å². The number of aromatic nitrogens is 2. The van der Waals surface area contributed by atoms with Crippen LogP contribution in [0, 0.1) is 11.6 Å². The third-order valence-electron chi connectivity index (χ3n) is 3.08. The van der Waals surface area contributed by atoms with E-state index in [1.807, 2.05) is 0 Å². The van der Waals surface area contributed by atoms with Gasteiger partial charge >= 0.3 is 0 Å². The number of hydrogen-bond donors (Lipinski definition) is 2. The van der Waals surface area contributed by atoms with Gasteiger partial charge in [0.15, 0.2) is 0 Å². The second kappa shape index (κ2) is 6.82. The lowest BCUT2D eigenvalue weighted by Gasteiger charge is -2.07. The molecular formula is C17H12F2N4O. The van der Waals surface area contributed by atoms with Crippen molar-refractivity contribution in [3.63, 3.8) is 0 Å². The summed E-state index contributed by atoms with van der Waals surface area (Å²) in [5, 5.41) is 5.46. The zero-order valence-corrected chi connectivity index (χ0v) is 12.3. The Kier molecular flexibility index (Phi) is 4.42. The van der Waals surface area contributed by atoms with Crippen LogP contribution in [0.4, 0.5) is 26.0 Å². The van der Waals surface area contributed by atoms with Crippen LogP contribution in [0.5, 0.6) is 0 Å². The van der Waals surface area contributed by atoms with Crippen molar-refractivity contribution >= 4 is 23.1 Å². The van der Waals surface area contributed by atoms with E-state index in [4.69, 9.17) is 0 Å². The molecule has 24 heavy (non-hydrogen) atoms. The zero-order valence-electron chi connectivity index (χ0n) is 12.3. The second-order valence-electron chi connectivity index (χ2n) is 4.88. The molecule has 0 saturated carbocycles. The molecule has 0 aliphatic rings. The Hall–Kier alpha value is -3.35. The maximum absolute atomic E-state index is 13.1. The predicted molar refractivity (Wildman–Crippen MR) is 86.1 cm³/mol. The lowest BCUT2D eigenvalue weighted by atomic mass is 10.3. The van der Waals surface area contributed by atoms with E-state index in [1.54, 1.807) is 18.2 Å². The molecule has 3 rings (SSSR count). The monoisotopic (exact) mass is 326 g/mol. The highest BCUT2D eigenvalue weighted by molar-refractivity contribution is 6.02. The number of rotatable bonds is 4. The van der Waals surface area contributed by atoms with Crippen LogP contribution < -0.4 is 10.6 Å². The first kappa shape index (κ1) is 15.5. The summed E-state index contributed by atoms with van der Waals surface area (Å²) < 4.78 is 25.9. The van der Waals surface area contributed by atoms with Crippen molar-refractivity contribution in [2.24, 2.45) is 0 Å². The number of amides is 1. The number of hydrogen-bond acceptors (Lipinski definition) is 4. The van der Waals surface area contributed by atoms with E-state index in [9.17, 15) is 13.6 Å². The lowest BCUT2D eigenvalue weighted by molar-refractivity contribution is 0.102. The van der Waals surface area contributed by atoms with E-state index in [0.717, 1.165) is 0 Å². The van der Waals surface area contributed by atoms with Crippen molar-refractivity contribution in [3.8, 4) is 0 Å². The first-order valence-corrected chi connectivity index (χ1v) is 7.02. The van der Waals surface area contributed by atoms with Crippen LogP contribution >= 0.6 is 0 Å². The fourth-order valence-electron chi connectivity index (χ4n) is 1.95. The van der Waals surface area contributed by atoms with Crippen molar-refractivity contribution in [1.82, 2.24) is 9.97 Å². The van der Waals surface area contributed by atoms with E-state index in [0.29, 0.717) is 17.2 Å². The van der Waals surface area contributed by atoms with Crippen molar-refractivity contribution in [3.05, 3.63) is 78.3 Å². The first-order chi connectivity index (χ1) is 11.6. The van der Waals surface area contributed by atoms with Gasteiger partial charge in [-0.3, -0.25) is 4.79 Å². The molecule has 0 unspecified atom stereocenters. The summed E-state index contributed by atoms with van der Waals surface area (Å²) >= 11 is 0. The van der Waals surface area contributed by atoms with Crippen LogP contribution in [0.15, 0.2) is 60.9 Å².